The molecular formula is C11H12O3. The fraction of sp³-hybridized carbons (Fsp3) is 0.182. The summed E-state index contributed by atoms with van der Waals surface area (Å²) in [5.41, 5.74) is 0. The van der Waals surface area contributed by atoms with Gasteiger partial charge in [-0.2, -0.15) is 0 Å². The minimum atomic E-state index is -0.336. The van der Waals surface area contributed by atoms with Gasteiger partial charge >= 0.3 is 5.97 Å². The summed E-state index contributed by atoms with van der Waals surface area (Å²) in [5, 5.41) is 0. The third-order valence-electron chi connectivity index (χ3n) is 1.43. The van der Waals surface area contributed by atoms with Gasteiger partial charge in [-0.3, -0.25) is 0 Å². The van der Waals surface area contributed by atoms with Gasteiger partial charge in [0.05, 0.1) is 12.9 Å². The Morgan fingerprint density at radius 3 is 3.07 bits per heavy atom. The maximum atomic E-state index is 10.8. The Hall–Kier alpha value is -1.77. The van der Waals surface area contributed by atoms with E-state index < -0.39 is 0 Å². The predicted molar refractivity (Wildman–Crippen MR) is 53.5 cm³/mol. The molecule has 0 fully saturated rings. The molecule has 1 heterocycles. The van der Waals surface area contributed by atoms with Crippen molar-refractivity contribution in [3.05, 3.63) is 42.4 Å². The molecule has 0 spiro atoms. The van der Waals surface area contributed by atoms with E-state index in [-0.39, 0.29) is 5.97 Å². The zero-order chi connectivity index (χ0) is 10.2. The number of rotatable bonds is 4. The minimum absolute atomic E-state index is 0.336. The second-order valence-electron chi connectivity index (χ2n) is 2.49. The summed E-state index contributed by atoms with van der Waals surface area (Å²) in [5.74, 6) is 0.412. The van der Waals surface area contributed by atoms with E-state index in [1.807, 2.05) is 6.07 Å². The van der Waals surface area contributed by atoms with Crippen LogP contribution in [0.25, 0.3) is 6.08 Å². The maximum Gasteiger partial charge on any atom is 0.330 e. The Bertz CT molecular complexity index is 320. The zero-order valence-electron chi connectivity index (χ0n) is 7.97. The average Bonchev–Trinajstić information content (AvgIpc) is 2.65. The Labute approximate surface area is 82.7 Å². The van der Waals surface area contributed by atoms with Crippen molar-refractivity contribution in [2.24, 2.45) is 0 Å². The average molecular weight is 192 g/mol. The van der Waals surface area contributed by atoms with Crippen LogP contribution in [0.5, 0.6) is 0 Å². The Balaban J connectivity index is 2.36. The first-order valence-corrected chi connectivity index (χ1v) is 4.38. The molecule has 74 valence electrons. The largest absolute Gasteiger partial charge is 0.465 e. The number of hydrogen-bond donors (Lipinski definition) is 0. The van der Waals surface area contributed by atoms with E-state index in [1.54, 1.807) is 37.5 Å². The number of esters is 1. The SMILES string of the molecule is CCOC(=O)/C=C/C=C/c1ccco1. The van der Waals surface area contributed by atoms with Crippen LogP contribution >= 0.6 is 0 Å². The van der Waals surface area contributed by atoms with E-state index in [0.717, 1.165) is 5.76 Å². The van der Waals surface area contributed by atoms with Crippen LogP contribution in [0.15, 0.2) is 41.0 Å². The molecule has 0 aromatic carbocycles. The molecule has 0 unspecified atom stereocenters. The van der Waals surface area contributed by atoms with Crippen LogP contribution in [-0.4, -0.2) is 12.6 Å². The van der Waals surface area contributed by atoms with Gasteiger partial charge in [0, 0.05) is 6.08 Å². The van der Waals surface area contributed by atoms with E-state index in [2.05, 4.69) is 0 Å². The van der Waals surface area contributed by atoms with Crippen molar-refractivity contribution in [3.63, 3.8) is 0 Å². The molecule has 14 heavy (non-hydrogen) atoms. The lowest BCUT2D eigenvalue weighted by atomic mass is 10.4. The highest BCUT2D eigenvalue weighted by Gasteiger charge is 1.90. The molecule has 1 aromatic rings. The van der Waals surface area contributed by atoms with Crippen molar-refractivity contribution in [1.29, 1.82) is 0 Å². The number of allylic oxidation sites excluding steroid dienone is 2. The number of carbonyl (C=O) groups excluding carboxylic acids is 1. The van der Waals surface area contributed by atoms with E-state index in [9.17, 15) is 4.79 Å². The first-order chi connectivity index (χ1) is 6.83. The van der Waals surface area contributed by atoms with Gasteiger partial charge in [0.15, 0.2) is 0 Å². The van der Waals surface area contributed by atoms with Gasteiger partial charge < -0.3 is 9.15 Å². The molecule has 0 radical (unpaired) electrons. The highest BCUT2D eigenvalue weighted by Crippen LogP contribution is 2.01. The van der Waals surface area contributed by atoms with Crippen molar-refractivity contribution in [2.75, 3.05) is 6.61 Å². The fourth-order valence-corrected chi connectivity index (χ4v) is 0.861. The van der Waals surface area contributed by atoms with Crippen LogP contribution in [-0.2, 0) is 9.53 Å². The van der Waals surface area contributed by atoms with Crippen LogP contribution in [0.2, 0.25) is 0 Å². The van der Waals surface area contributed by atoms with Crippen LogP contribution < -0.4 is 0 Å². The molecule has 0 aliphatic carbocycles. The lowest BCUT2D eigenvalue weighted by Crippen LogP contribution is -1.98. The molecular weight excluding hydrogens is 180 g/mol. The summed E-state index contributed by atoms with van der Waals surface area (Å²) in [7, 11) is 0. The second-order valence-corrected chi connectivity index (χ2v) is 2.49. The molecule has 0 bridgehead atoms. The molecule has 0 aliphatic rings. The third kappa shape index (κ3) is 3.76. The van der Waals surface area contributed by atoms with Crippen LogP contribution in [0.4, 0.5) is 0 Å². The number of ether oxygens (including phenoxy) is 1. The molecule has 3 heteroatoms. The van der Waals surface area contributed by atoms with Gasteiger partial charge in [-0.15, -0.1) is 0 Å². The number of carbonyl (C=O) groups is 1. The van der Waals surface area contributed by atoms with E-state index in [1.165, 1.54) is 6.08 Å². The highest BCUT2D eigenvalue weighted by atomic mass is 16.5. The quantitative estimate of drug-likeness (QED) is 0.418. The monoisotopic (exact) mass is 192 g/mol. The topological polar surface area (TPSA) is 39.4 Å². The fourth-order valence-electron chi connectivity index (χ4n) is 0.861. The Morgan fingerprint density at radius 2 is 2.43 bits per heavy atom. The van der Waals surface area contributed by atoms with Crippen LogP contribution in [0.1, 0.15) is 12.7 Å². The van der Waals surface area contributed by atoms with Crippen molar-refractivity contribution in [1.82, 2.24) is 0 Å². The van der Waals surface area contributed by atoms with Crippen molar-refractivity contribution < 1.29 is 13.9 Å². The number of hydrogen-bond acceptors (Lipinski definition) is 3. The maximum absolute atomic E-state index is 10.8. The predicted octanol–water partition coefficient (Wildman–Crippen LogP) is 2.41. The molecule has 0 saturated heterocycles. The van der Waals surface area contributed by atoms with Gasteiger partial charge in [0.25, 0.3) is 0 Å². The summed E-state index contributed by atoms with van der Waals surface area (Å²) in [6, 6.07) is 3.63. The molecule has 0 aliphatic heterocycles. The third-order valence-corrected chi connectivity index (χ3v) is 1.43. The smallest absolute Gasteiger partial charge is 0.330 e. The van der Waals surface area contributed by atoms with E-state index in [4.69, 9.17) is 9.15 Å². The molecule has 3 nitrogen and oxygen atoms in total. The van der Waals surface area contributed by atoms with E-state index >= 15 is 0 Å². The second kappa shape index (κ2) is 5.80. The summed E-state index contributed by atoms with van der Waals surface area (Å²) in [6.45, 7) is 2.16. The zero-order valence-corrected chi connectivity index (χ0v) is 7.97. The molecule has 0 N–H and O–H groups in total. The molecule has 1 aromatic heterocycles. The van der Waals surface area contributed by atoms with Crippen LogP contribution in [0, 0.1) is 0 Å². The number of furan rings is 1. The van der Waals surface area contributed by atoms with Gasteiger partial charge in [0.1, 0.15) is 5.76 Å². The van der Waals surface area contributed by atoms with Gasteiger partial charge in [-0.05, 0) is 25.1 Å². The van der Waals surface area contributed by atoms with Gasteiger partial charge in [-0.25, -0.2) is 4.79 Å². The molecule has 0 amide bonds. The van der Waals surface area contributed by atoms with E-state index in [0.29, 0.717) is 6.61 Å². The lowest BCUT2D eigenvalue weighted by molar-refractivity contribution is -0.137. The normalized spacial score (nSPS) is 11.2. The minimum Gasteiger partial charge on any atom is -0.465 e. The van der Waals surface area contributed by atoms with Crippen molar-refractivity contribution >= 4 is 12.0 Å². The van der Waals surface area contributed by atoms with Crippen LogP contribution in [0.3, 0.4) is 0 Å². The summed E-state index contributed by atoms with van der Waals surface area (Å²) in [4.78, 5) is 10.8. The summed E-state index contributed by atoms with van der Waals surface area (Å²) < 4.78 is 9.75. The summed E-state index contributed by atoms with van der Waals surface area (Å²) >= 11 is 0. The first kappa shape index (κ1) is 10.3. The standard InChI is InChI=1S/C11H12O3/c1-2-13-11(12)8-4-3-6-10-7-5-9-14-10/h3-9H,2H2,1H3/b6-3+,8-4+. The first-order valence-electron chi connectivity index (χ1n) is 4.38. The highest BCUT2D eigenvalue weighted by molar-refractivity contribution is 5.82. The molecule has 0 atom stereocenters. The van der Waals surface area contributed by atoms with Gasteiger partial charge in [-0.1, -0.05) is 12.2 Å². The Morgan fingerprint density at radius 1 is 1.57 bits per heavy atom. The molecule has 0 saturated carbocycles. The van der Waals surface area contributed by atoms with Crippen molar-refractivity contribution in [2.45, 2.75) is 6.92 Å². The van der Waals surface area contributed by atoms with Gasteiger partial charge in [0.2, 0.25) is 0 Å². The lowest BCUT2D eigenvalue weighted by Gasteiger charge is -1.92. The molecule has 1 rings (SSSR count). The Kier molecular flexibility index (Phi) is 4.27. The summed E-state index contributed by atoms with van der Waals surface area (Å²) in [6.07, 6.45) is 8.05. The van der Waals surface area contributed by atoms with Crippen molar-refractivity contribution in [3.8, 4) is 0 Å².